The van der Waals surface area contributed by atoms with Gasteiger partial charge in [-0.2, -0.15) is 0 Å². The van der Waals surface area contributed by atoms with E-state index in [4.69, 9.17) is 5.73 Å². The molecule has 0 bridgehead atoms. The predicted octanol–water partition coefficient (Wildman–Crippen LogP) is 1.81. The molecule has 0 saturated carbocycles. The number of rotatable bonds is 2. The molecule has 6 heteroatoms. The number of nitrogens with two attached hydrogens (primary N) is 1. The summed E-state index contributed by atoms with van der Waals surface area (Å²) in [5.74, 6) is -2.31. The SMILES string of the molecule is CC(=O)N(C(=O)C(=O)N(C)c1ccccc1)c1cccc(N)c1. The van der Waals surface area contributed by atoms with E-state index in [0.717, 1.165) is 4.90 Å². The lowest BCUT2D eigenvalue weighted by Crippen LogP contribution is -2.46. The second kappa shape index (κ2) is 6.74. The molecule has 0 aliphatic rings. The molecule has 0 heterocycles. The fourth-order valence-electron chi connectivity index (χ4n) is 2.11. The van der Waals surface area contributed by atoms with E-state index in [2.05, 4.69) is 0 Å². The summed E-state index contributed by atoms with van der Waals surface area (Å²) < 4.78 is 0. The lowest BCUT2D eigenvalue weighted by molar-refractivity contribution is -0.137. The topological polar surface area (TPSA) is 83.7 Å². The summed E-state index contributed by atoms with van der Waals surface area (Å²) in [6, 6.07) is 15.0. The highest BCUT2D eigenvalue weighted by molar-refractivity contribution is 6.48. The summed E-state index contributed by atoms with van der Waals surface area (Å²) in [7, 11) is 1.48. The summed E-state index contributed by atoms with van der Waals surface area (Å²) in [5.41, 5.74) is 6.89. The zero-order valence-corrected chi connectivity index (χ0v) is 12.9. The van der Waals surface area contributed by atoms with Gasteiger partial charge in [0.25, 0.3) is 0 Å². The number of imide groups is 1. The molecule has 0 fully saturated rings. The van der Waals surface area contributed by atoms with Gasteiger partial charge in [0.2, 0.25) is 5.91 Å². The van der Waals surface area contributed by atoms with Gasteiger partial charge in [0, 0.05) is 25.3 Å². The first-order valence-corrected chi connectivity index (χ1v) is 6.95. The Bertz CT molecular complexity index is 744. The van der Waals surface area contributed by atoms with Gasteiger partial charge in [0.1, 0.15) is 0 Å². The number of hydrogen-bond donors (Lipinski definition) is 1. The fraction of sp³-hybridized carbons (Fsp3) is 0.118. The van der Waals surface area contributed by atoms with Crippen molar-refractivity contribution in [2.45, 2.75) is 6.92 Å². The molecule has 0 aliphatic carbocycles. The molecule has 6 nitrogen and oxygen atoms in total. The number of para-hydroxylation sites is 1. The number of anilines is 3. The van der Waals surface area contributed by atoms with Gasteiger partial charge in [-0.15, -0.1) is 0 Å². The number of nitrogens with zero attached hydrogens (tertiary/aromatic N) is 2. The quantitative estimate of drug-likeness (QED) is 0.677. The van der Waals surface area contributed by atoms with Crippen LogP contribution in [-0.4, -0.2) is 24.8 Å². The average molecular weight is 311 g/mol. The van der Waals surface area contributed by atoms with Crippen LogP contribution in [0.15, 0.2) is 54.6 Å². The number of nitrogen functional groups attached to an aromatic ring is 1. The molecule has 3 amide bonds. The van der Waals surface area contributed by atoms with E-state index in [1.807, 2.05) is 0 Å². The molecular weight excluding hydrogens is 294 g/mol. The Balaban J connectivity index is 2.31. The van der Waals surface area contributed by atoms with Crippen molar-refractivity contribution in [3.8, 4) is 0 Å². The molecular formula is C17H17N3O3. The number of benzene rings is 2. The van der Waals surface area contributed by atoms with E-state index >= 15 is 0 Å². The summed E-state index contributed by atoms with van der Waals surface area (Å²) in [5, 5.41) is 0. The minimum absolute atomic E-state index is 0.261. The van der Waals surface area contributed by atoms with Gasteiger partial charge < -0.3 is 10.6 Å². The summed E-state index contributed by atoms with van der Waals surface area (Å²) in [6.45, 7) is 1.22. The van der Waals surface area contributed by atoms with Crippen LogP contribution in [0.4, 0.5) is 17.1 Å². The van der Waals surface area contributed by atoms with Crippen molar-refractivity contribution in [1.29, 1.82) is 0 Å². The van der Waals surface area contributed by atoms with Gasteiger partial charge in [-0.05, 0) is 30.3 Å². The Morgan fingerprint density at radius 2 is 1.48 bits per heavy atom. The van der Waals surface area contributed by atoms with Crippen molar-refractivity contribution in [3.63, 3.8) is 0 Å². The van der Waals surface area contributed by atoms with E-state index in [-0.39, 0.29) is 5.69 Å². The smallest absolute Gasteiger partial charge is 0.323 e. The highest BCUT2D eigenvalue weighted by Gasteiger charge is 2.29. The van der Waals surface area contributed by atoms with Gasteiger partial charge in [-0.3, -0.25) is 14.4 Å². The number of hydrogen-bond acceptors (Lipinski definition) is 4. The van der Waals surface area contributed by atoms with Crippen LogP contribution < -0.4 is 15.5 Å². The lowest BCUT2D eigenvalue weighted by atomic mass is 10.2. The molecule has 0 saturated heterocycles. The van der Waals surface area contributed by atoms with Crippen LogP contribution in [0, 0.1) is 0 Å². The van der Waals surface area contributed by atoms with Crippen molar-refractivity contribution in [3.05, 3.63) is 54.6 Å². The Morgan fingerprint density at radius 3 is 2.04 bits per heavy atom. The van der Waals surface area contributed by atoms with E-state index in [9.17, 15) is 14.4 Å². The first-order valence-electron chi connectivity index (χ1n) is 6.95. The Morgan fingerprint density at radius 1 is 0.870 bits per heavy atom. The van der Waals surface area contributed by atoms with Crippen molar-refractivity contribution in [2.24, 2.45) is 0 Å². The van der Waals surface area contributed by atoms with Crippen LogP contribution in [-0.2, 0) is 14.4 Å². The third-order valence-corrected chi connectivity index (χ3v) is 3.28. The maximum atomic E-state index is 12.5. The molecule has 2 aromatic rings. The van der Waals surface area contributed by atoms with E-state index in [1.54, 1.807) is 48.5 Å². The summed E-state index contributed by atoms with van der Waals surface area (Å²) >= 11 is 0. The predicted molar refractivity (Wildman–Crippen MR) is 88.9 cm³/mol. The van der Waals surface area contributed by atoms with Crippen LogP contribution in [0.1, 0.15) is 6.92 Å². The molecule has 0 radical (unpaired) electrons. The molecule has 0 atom stereocenters. The molecule has 2 rings (SSSR count). The van der Waals surface area contributed by atoms with Crippen LogP contribution in [0.2, 0.25) is 0 Å². The Hall–Kier alpha value is -3.15. The molecule has 118 valence electrons. The van der Waals surface area contributed by atoms with Crippen molar-refractivity contribution < 1.29 is 14.4 Å². The van der Waals surface area contributed by atoms with Crippen LogP contribution >= 0.6 is 0 Å². The summed E-state index contributed by atoms with van der Waals surface area (Å²) in [6.07, 6.45) is 0. The maximum absolute atomic E-state index is 12.5. The first kappa shape index (κ1) is 16.2. The number of carbonyl (C=O) groups excluding carboxylic acids is 3. The van der Waals surface area contributed by atoms with Gasteiger partial charge >= 0.3 is 11.8 Å². The van der Waals surface area contributed by atoms with Gasteiger partial charge in [-0.25, -0.2) is 4.90 Å². The van der Waals surface area contributed by atoms with Gasteiger partial charge in [-0.1, -0.05) is 24.3 Å². The Kier molecular flexibility index (Phi) is 4.75. The molecule has 0 spiro atoms. The minimum Gasteiger partial charge on any atom is -0.399 e. The molecule has 0 aromatic heterocycles. The standard InChI is InChI=1S/C17H17N3O3/c1-12(21)20(15-10-6-7-13(18)11-15)17(23)16(22)19(2)14-8-4-3-5-9-14/h3-11H,18H2,1-2H3. The van der Waals surface area contributed by atoms with E-state index < -0.39 is 17.7 Å². The van der Waals surface area contributed by atoms with Crippen molar-refractivity contribution in [1.82, 2.24) is 0 Å². The molecule has 0 unspecified atom stereocenters. The number of amides is 3. The first-order chi connectivity index (χ1) is 10.9. The second-order valence-electron chi connectivity index (χ2n) is 4.95. The maximum Gasteiger partial charge on any atom is 0.323 e. The van der Waals surface area contributed by atoms with Crippen LogP contribution in [0.5, 0.6) is 0 Å². The fourth-order valence-corrected chi connectivity index (χ4v) is 2.11. The second-order valence-corrected chi connectivity index (χ2v) is 4.95. The molecule has 2 N–H and O–H groups in total. The van der Waals surface area contributed by atoms with Gasteiger partial charge in [0.05, 0.1) is 5.69 Å². The monoisotopic (exact) mass is 311 g/mol. The average Bonchev–Trinajstić information content (AvgIpc) is 2.54. The van der Waals surface area contributed by atoms with Crippen LogP contribution in [0.3, 0.4) is 0 Å². The normalized spacial score (nSPS) is 10.0. The van der Waals surface area contributed by atoms with E-state index in [1.165, 1.54) is 24.9 Å². The largest absolute Gasteiger partial charge is 0.399 e. The third-order valence-electron chi connectivity index (χ3n) is 3.28. The molecule has 0 aliphatic heterocycles. The van der Waals surface area contributed by atoms with Crippen molar-refractivity contribution in [2.75, 3.05) is 22.6 Å². The van der Waals surface area contributed by atoms with Crippen molar-refractivity contribution >= 4 is 34.8 Å². The minimum atomic E-state index is -0.936. The Labute approximate surface area is 134 Å². The number of carbonyl (C=O) groups is 3. The summed E-state index contributed by atoms with van der Waals surface area (Å²) in [4.78, 5) is 38.8. The number of likely N-dealkylation sites (N-methyl/N-ethyl adjacent to an activating group) is 1. The highest BCUT2D eigenvalue weighted by atomic mass is 16.2. The third kappa shape index (κ3) is 3.55. The molecule has 23 heavy (non-hydrogen) atoms. The highest BCUT2D eigenvalue weighted by Crippen LogP contribution is 2.19. The van der Waals surface area contributed by atoms with E-state index in [0.29, 0.717) is 11.4 Å². The lowest BCUT2D eigenvalue weighted by Gasteiger charge is -2.22. The van der Waals surface area contributed by atoms with Crippen LogP contribution in [0.25, 0.3) is 0 Å². The zero-order valence-electron chi connectivity index (χ0n) is 12.9. The zero-order chi connectivity index (χ0) is 17.0. The molecule has 2 aromatic carbocycles. The van der Waals surface area contributed by atoms with Gasteiger partial charge in [0.15, 0.2) is 0 Å².